The van der Waals surface area contributed by atoms with Gasteiger partial charge in [0.15, 0.2) is 0 Å². The number of benzene rings is 1. The first-order valence-corrected chi connectivity index (χ1v) is 11.1. The lowest BCUT2D eigenvalue weighted by atomic mass is 10.1. The monoisotopic (exact) mass is 420 g/mol. The van der Waals surface area contributed by atoms with E-state index in [1.165, 1.54) is 35.0 Å². The number of amides is 1. The molecule has 3 heterocycles. The molecule has 2 fully saturated rings. The second kappa shape index (κ2) is 8.47. The van der Waals surface area contributed by atoms with Crippen LogP contribution in [0.2, 0.25) is 0 Å². The van der Waals surface area contributed by atoms with Crippen molar-refractivity contribution in [2.75, 3.05) is 49.6 Å². The molecule has 1 aromatic heterocycles. The Balaban J connectivity index is 1.41. The van der Waals surface area contributed by atoms with E-state index in [0.717, 1.165) is 25.9 Å². The number of hydrogen-bond acceptors (Lipinski definition) is 7. The third kappa shape index (κ3) is 4.41. The van der Waals surface area contributed by atoms with Gasteiger partial charge in [0.1, 0.15) is 0 Å². The number of rotatable bonds is 5. The van der Waals surface area contributed by atoms with Gasteiger partial charge in [-0.05, 0) is 43.5 Å². The lowest BCUT2D eigenvalue weighted by Crippen LogP contribution is -2.40. The molecule has 0 spiro atoms. The number of ether oxygens (including phenoxy) is 1. The average molecular weight is 420 g/mol. The fraction of sp³-hybridized carbons (Fsp3) is 0.500. The molecule has 1 amide bonds. The van der Waals surface area contributed by atoms with Gasteiger partial charge in [0, 0.05) is 31.7 Å². The summed E-state index contributed by atoms with van der Waals surface area (Å²) in [5, 5.41) is 9.57. The van der Waals surface area contributed by atoms with Crippen LogP contribution in [0.4, 0.5) is 11.9 Å². The molecule has 2 aliphatic heterocycles. The highest BCUT2D eigenvalue weighted by molar-refractivity contribution is 7.89. The molecule has 0 bridgehead atoms. The van der Waals surface area contributed by atoms with Gasteiger partial charge in [-0.25, -0.2) is 13.5 Å². The Hall–Kier alpha value is -2.50. The van der Waals surface area contributed by atoms with Crippen molar-refractivity contribution >= 4 is 27.8 Å². The molecule has 4 rings (SSSR count). The van der Waals surface area contributed by atoms with Crippen LogP contribution in [0.5, 0.6) is 0 Å². The number of anilines is 2. The Morgan fingerprint density at radius 2 is 1.72 bits per heavy atom. The van der Waals surface area contributed by atoms with Crippen LogP contribution in [0.15, 0.2) is 29.2 Å². The number of aromatic amines is 1. The number of sulfonamides is 1. The highest BCUT2D eigenvalue weighted by Gasteiger charge is 2.26. The maximum absolute atomic E-state index is 12.7. The van der Waals surface area contributed by atoms with Crippen molar-refractivity contribution in [2.45, 2.75) is 24.2 Å². The molecule has 2 aromatic rings. The lowest BCUT2D eigenvalue weighted by Gasteiger charge is -2.26. The molecule has 2 N–H and O–H groups in total. The largest absolute Gasteiger partial charge is 0.379 e. The molecule has 2 saturated heterocycles. The number of piperidine rings is 1. The zero-order chi connectivity index (χ0) is 20.3. The maximum Gasteiger partial charge on any atom is 0.258 e. The van der Waals surface area contributed by atoms with E-state index in [1.807, 2.05) is 0 Å². The third-order valence-corrected chi connectivity index (χ3v) is 6.98. The van der Waals surface area contributed by atoms with Gasteiger partial charge < -0.3 is 9.64 Å². The predicted octanol–water partition coefficient (Wildman–Crippen LogP) is 1.07. The van der Waals surface area contributed by atoms with Crippen LogP contribution in [0.3, 0.4) is 0 Å². The minimum absolute atomic E-state index is 0.156. The van der Waals surface area contributed by atoms with Gasteiger partial charge >= 0.3 is 0 Å². The van der Waals surface area contributed by atoms with Crippen molar-refractivity contribution in [1.29, 1.82) is 0 Å². The summed E-state index contributed by atoms with van der Waals surface area (Å²) in [5.41, 5.74) is 0.335. The first-order valence-electron chi connectivity index (χ1n) is 9.71. The summed E-state index contributed by atoms with van der Waals surface area (Å²) in [4.78, 5) is 19.0. The average Bonchev–Trinajstić information content (AvgIpc) is 3.23. The zero-order valence-corrected chi connectivity index (χ0v) is 16.8. The molecule has 0 atom stereocenters. The van der Waals surface area contributed by atoms with Gasteiger partial charge in [0.05, 0.1) is 18.1 Å². The smallest absolute Gasteiger partial charge is 0.258 e. The number of aromatic nitrogens is 3. The van der Waals surface area contributed by atoms with Crippen molar-refractivity contribution in [1.82, 2.24) is 19.5 Å². The van der Waals surface area contributed by atoms with Crippen molar-refractivity contribution in [3.8, 4) is 0 Å². The van der Waals surface area contributed by atoms with E-state index in [1.54, 1.807) is 0 Å². The quantitative estimate of drug-likeness (QED) is 0.742. The normalized spacial score (nSPS) is 18.6. The number of morpholine rings is 1. The van der Waals surface area contributed by atoms with Crippen molar-refractivity contribution in [3.05, 3.63) is 29.8 Å². The minimum Gasteiger partial charge on any atom is -0.379 e. The van der Waals surface area contributed by atoms with Crippen LogP contribution in [-0.4, -0.2) is 73.2 Å². The van der Waals surface area contributed by atoms with E-state index in [4.69, 9.17) is 4.74 Å². The Kier molecular flexibility index (Phi) is 5.79. The Morgan fingerprint density at radius 3 is 2.41 bits per heavy atom. The number of nitrogens with one attached hydrogen (secondary N) is 2. The number of hydrogen-bond donors (Lipinski definition) is 2. The Bertz CT molecular complexity index is 947. The first-order chi connectivity index (χ1) is 14.0. The molecule has 0 unspecified atom stereocenters. The summed E-state index contributed by atoms with van der Waals surface area (Å²) in [7, 11) is -3.58. The van der Waals surface area contributed by atoms with E-state index in [0.29, 0.717) is 37.8 Å². The van der Waals surface area contributed by atoms with Crippen LogP contribution in [0.25, 0.3) is 0 Å². The summed E-state index contributed by atoms with van der Waals surface area (Å²) >= 11 is 0. The van der Waals surface area contributed by atoms with E-state index in [9.17, 15) is 13.2 Å². The summed E-state index contributed by atoms with van der Waals surface area (Å²) < 4.78 is 31.9. The number of carbonyl (C=O) groups is 1. The van der Waals surface area contributed by atoms with Crippen LogP contribution < -0.4 is 10.2 Å². The molecule has 156 valence electrons. The molecule has 0 aliphatic carbocycles. The zero-order valence-electron chi connectivity index (χ0n) is 16.0. The standard InChI is InChI=1S/C18H24N6O4S/c25-16(19-17-20-18(22-21-17)23-8-2-1-3-9-23)14-4-6-15(7-5-14)29(26,27)24-10-12-28-13-11-24/h4-7H,1-3,8-13H2,(H2,19,20,21,22,25). The maximum atomic E-state index is 12.7. The van der Waals surface area contributed by atoms with Gasteiger partial charge in [-0.3, -0.25) is 10.1 Å². The van der Waals surface area contributed by atoms with Gasteiger partial charge in [-0.2, -0.15) is 9.29 Å². The molecular formula is C18H24N6O4S. The van der Waals surface area contributed by atoms with Crippen molar-refractivity contribution < 1.29 is 17.9 Å². The van der Waals surface area contributed by atoms with E-state index in [2.05, 4.69) is 25.4 Å². The van der Waals surface area contributed by atoms with E-state index < -0.39 is 10.0 Å². The topological polar surface area (TPSA) is 121 Å². The fourth-order valence-corrected chi connectivity index (χ4v) is 4.85. The molecule has 1 aromatic carbocycles. The highest BCUT2D eigenvalue weighted by Crippen LogP contribution is 2.19. The molecule has 0 saturated carbocycles. The van der Waals surface area contributed by atoms with Gasteiger partial charge in [-0.15, -0.1) is 5.10 Å². The summed E-state index contributed by atoms with van der Waals surface area (Å²) in [6, 6.07) is 5.87. The van der Waals surface area contributed by atoms with Crippen LogP contribution in [-0.2, 0) is 14.8 Å². The molecule has 0 radical (unpaired) electrons. The second-order valence-electron chi connectivity index (χ2n) is 7.03. The summed E-state index contributed by atoms with van der Waals surface area (Å²) in [6.45, 7) is 3.24. The predicted molar refractivity (Wildman–Crippen MR) is 106 cm³/mol. The number of nitrogens with zero attached hydrogens (tertiary/aromatic N) is 4. The highest BCUT2D eigenvalue weighted by atomic mass is 32.2. The summed E-state index contributed by atoms with van der Waals surface area (Å²) in [6.07, 6.45) is 3.42. The Morgan fingerprint density at radius 1 is 1.03 bits per heavy atom. The van der Waals surface area contributed by atoms with Crippen LogP contribution in [0.1, 0.15) is 29.6 Å². The van der Waals surface area contributed by atoms with Gasteiger partial charge in [0.2, 0.25) is 21.9 Å². The fourth-order valence-electron chi connectivity index (χ4n) is 3.44. The minimum atomic E-state index is -3.58. The molecule has 2 aliphatic rings. The van der Waals surface area contributed by atoms with E-state index >= 15 is 0 Å². The third-order valence-electron chi connectivity index (χ3n) is 5.07. The SMILES string of the molecule is O=C(Nc1nc(N2CCCCC2)n[nH]1)c1ccc(S(=O)(=O)N2CCOCC2)cc1. The van der Waals surface area contributed by atoms with Crippen LogP contribution >= 0.6 is 0 Å². The Labute approximate surface area is 169 Å². The molecule has 11 heteroatoms. The van der Waals surface area contributed by atoms with Crippen LogP contribution in [0, 0.1) is 0 Å². The summed E-state index contributed by atoms with van der Waals surface area (Å²) in [5.74, 6) is 0.453. The van der Waals surface area contributed by atoms with Gasteiger partial charge in [-0.1, -0.05) is 0 Å². The number of carbonyl (C=O) groups excluding carboxylic acids is 1. The molecular weight excluding hydrogens is 396 g/mol. The van der Waals surface area contributed by atoms with E-state index in [-0.39, 0.29) is 16.8 Å². The second-order valence-corrected chi connectivity index (χ2v) is 8.96. The number of H-pyrrole nitrogens is 1. The van der Waals surface area contributed by atoms with Gasteiger partial charge in [0.25, 0.3) is 5.91 Å². The van der Waals surface area contributed by atoms with Crippen molar-refractivity contribution in [3.63, 3.8) is 0 Å². The molecule has 29 heavy (non-hydrogen) atoms. The lowest BCUT2D eigenvalue weighted by molar-refractivity contribution is 0.0730. The molecule has 10 nitrogen and oxygen atoms in total. The first kappa shape index (κ1) is 19.8. The van der Waals surface area contributed by atoms with Crippen molar-refractivity contribution in [2.24, 2.45) is 0 Å².